The summed E-state index contributed by atoms with van der Waals surface area (Å²) in [5.41, 5.74) is 3.15. The van der Waals surface area contributed by atoms with Crippen LogP contribution in [0.1, 0.15) is 49.4 Å². The summed E-state index contributed by atoms with van der Waals surface area (Å²) in [7, 11) is 0. The molecule has 0 spiro atoms. The van der Waals surface area contributed by atoms with Crippen LogP contribution in [-0.2, 0) is 11.2 Å². The zero-order valence-electron chi connectivity index (χ0n) is 15.5. The van der Waals surface area contributed by atoms with Crippen LogP contribution in [0, 0.1) is 6.92 Å². The van der Waals surface area contributed by atoms with Gasteiger partial charge < -0.3 is 14.8 Å². The number of carbonyl (C=O) groups excluding carboxylic acids is 1. The molecule has 0 bridgehead atoms. The van der Waals surface area contributed by atoms with Gasteiger partial charge in [0.25, 0.3) is 5.91 Å². The predicted octanol–water partition coefficient (Wildman–Crippen LogP) is 4.00. The third-order valence-corrected chi connectivity index (χ3v) is 4.83. The molecule has 5 nitrogen and oxygen atoms in total. The van der Waals surface area contributed by atoms with Gasteiger partial charge in [0.05, 0.1) is 0 Å². The first-order valence-electron chi connectivity index (χ1n) is 9.12. The summed E-state index contributed by atoms with van der Waals surface area (Å²) in [5, 5.41) is 2.81. The zero-order chi connectivity index (χ0) is 18.3. The number of nitrogens with one attached hydrogen (secondary N) is 1. The first kappa shape index (κ1) is 16.9. The Labute approximate surface area is 153 Å². The Bertz CT molecular complexity index is 856. The largest absolute Gasteiger partial charge is 0.483 e. The molecule has 1 aliphatic carbocycles. The Balaban J connectivity index is 1.38. The van der Waals surface area contributed by atoms with Crippen molar-refractivity contribution in [2.45, 2.75) is 51.6 Å². The van der Waals surface area contributed by atoms with Crippen molar-refractivity contribution in [3.05, 3.63) is 47.2 Å². The molecule has 0 radical (unpaired) electrons. The number of hydrogen-bond acceptors (Lipinski definition) is 4. The maximum Gasteiger partial charge on any atom is 0.263 e. The highest BCUT2D eigenvalue weighted by Gasteiger charge is 2.32. The van der Waals surface area contributed by atoms with Gasteiger partial charge in [0.2, 0.25) is 0 Å². The van der Waals surface area contributed by atoms with E-state index < -0.39 is 0 Å². The van der Waals surface area contributed by atoms with Crippen LogP contribution in [-0.4, -0.2) is 23.1 Å². The number of hydrogen-bond donors (Lipinski definition) is 1. The highest BCUT2D eigenvalue weighted by atomic mass is 16.5. The van der Waals surface area contributed by atoms with Crippen molar-refractivity contribution in [1.82, 2.24) is 4.98 Å². The van der Waals surface area contributed by atoms with Gasteiger partial charge in [0.1, 0.15) is 11.4 Å². The Kier molecular flexibility index (Phi) is 4.10. The van der Waals surface area contributed by atoms with Crippen LogP contribution in [0.25, 0.3) is 0 Å². The smallest absolute Gasteiger partial charge is 0.263 e. The number of anilines is 1. The highest BCUT2D eigenvalue weighted by molar-refractivity contribution is 5.91. The molecule has 2 heterocycles. The number of ether oxygens (including phenoxy) is 2. The van der Waals surface area contributed by atoms with Gasteiger partial charge in [-0.2, -0.15) is 0 Å². The second-order valence-electron chi connectivity index (χ2n) is 7.77. The van der Waals surface area contributed by atoms with E-state index in [0.717, 1.165) is 23.4 Å². The predicted molar refractivity (Wildman–Crippen MR) is 99.9 cm³/mol. The Morgan fingerprint density at radius 1 is 1.31 bits per heavy atom. The van der Waals surface area contributed by atoms with E-state index in [0.29, 0.717) is 17.5 Å². The Morgan fingerprint density at radius 3 is 2.85 bits per heavy atom. The van der Waals surface area contributed by atoms with Crippen molar-refractivity contribution < 1.29 is 14.3 Å². The van der Waals surface area contributed by atoms with Crippen molar-refractivity contribution in [2.75, 3.05) is 11.9 Å². The minimum absolute atomic E-state index is 0.0780. The van der Waals surface area contributed by atoms with E-state index >= 15 is 0 Å². The molecule has 2 aromatic rings. The summed E-state index contributed by atoms with van der Waals surface area (Å²) in [6.45, 7) is 6.00. The number of benzene rings is 1. The molecule has 1 aromatic carbocycles. The minimum Gasteiger partial charge on any atom is -0.483 e. The number of aromatic nitrogens is 1. The van der Waals surface area contributed by atoms with E-state index in [1.807, 2.05) is 45.0 Å². The quantitative estimate of drug-likeness (QED) is 0.884. The fraction of sp³-hybridized carbons (Fsp3) is 0.429. The molecule has 26 heavy (non-hydrogen) atoms. The van der Waals surface area contributed by atoms with Crippen LogP contribution < -0.4 is 14.8 Å². The van der Waals surface area contributed by atoms with E-state index in [-0.39, 0.29) is 18.1 Å². The fourth-order valence-corrected chi connectivity index (χ4v) is 3.49. The van der Waals surface area contributed by atoms with Crippen LogP contribution >= 0.6 is 0 Å². The van der Waals surface area contributed by atoms with Crippen molar-refractivity contribution in [3.63, 3.8) is 0 Å². The van der Waals surface area contributed by atoms with Crippen LogP contribution in [0.3, 0.4) is 0 Å². The number of amides is 1. The van der Waals surface area contributed by atoms with Crippen molar-refractivity contribution in [2.24, 2.45) is 0 Å². The lowest BCUT2D eigenvalue weighted by Gasteiger charge is -2.18. The number of nitrogens with zero attached hydrogens (tertiary/aromatic N) is 1. The molecule has 1 aromatic heterocycles. The molecule has 1 amide bonds. The lowest BCUT2D eigenvalue weighted by Crippen LogP contribution is -2.25. The normalized spacial score (nSPS) is 17.3. The molecule has 1 fully saturated rings. The third-order valence-electron chi connectivity index (χ3n) is 4.83. The van der Waals surface area contributed by atoms with E-state index in [1.165, 1.54) is 18.4 Å². The molecule has 0 atom stereocenters. The van der Waals surface area contributed by atoms with Gasteiger partial charge >= 0.3 is 0 Å². The summed E-state index contributed by atoms with van der Waals surface area (Å²) >= 11 is 0. The summed E-state index contributed by atoms with van der Waals surface area (Å²) < 4.78 is 11.7. The molecule has 4 rings (SSSR count). The molecule has 0 saturated heterocycles. The lowest BCUT2D eigenvalue weighted by molar-refractivity contribution is -0.118. The molecular weight excluding hydrogens is 328 g/mol. The first-order chi connectivity index (χ1) is 12.4. The fourth-order valence-electron chi connectivity index (χ4n) is 3.49. The standard InChI is InChI=1S/C21H24N2O3/c1-13-16(14-7-8-14)9-10-18(22-13)23-19(24)12-25-17-6-4-5-15-11-21(2,3)26-20(15)17/h4-6,9-10,14H,7-8,11-12H2,1-3H3,(H,22,23,24). The SMILES string of the molecule is Cc1nc(NC(=O)COc2cccc3c2OC(C)(C)C3)ccc1C1CC1. The molecule has 1 N–H and O–H groups in total. The summed E-state index contributed by atoms with van der Waals surface area (Å²) in [5.74, 6) is 2.34. The van der Waals surface area contributed by atoms with Crippen molar-refractivity contribution >= 4 is 11.7 Å². The molecule has 5 heteroatoms. The van der Waals surface area contributed by atoms with E-state index in [2.05, 4.69) is 16.4 Å². The maximum atomic E-state index is 12.2. The minimum atomic E-state index is -0.241. The number of aryl methyl sites for hydroxylation is 1. The molecule has 1 aliphatic heterocycles. The average molecular weight is 352 g/mol. The highest BCUT2D eigenvalue weighted by Crippen LogP contribution is 2.42. The molecule has 2 aliphatic rings. The molecule has 136 valence electrons. The molecule has 0 unspecified atom stereocenters. The number of pyridine rings is 1. The lowest BCUT2D eigenvalue weighted by atomic mass is 10.0. The van der Waals surface area contributed by atoms with Crippen molar-refractivity contribution in [3.8, 4) is 11.5 Å². The van der Waals surface area contributed by atoms with Crippen LogP contribution in [0.15, 0.2) is 30.3 Å². The van der Waals surface area contributed by atoms with Crippen LogP contribution in [0.5, 0.6) is 11.5 Å². The topological polar surface area (TPSA) is 60.5 Å². The maximum absolute atomic E-state index is 12.2. The summed E-state index contributed by atoms with van der Waals surface area (Å²) in [4.78, 5) is 16.7. The summed E-state index contributed by atoms with van der Waals surface area (Å²) in [6.07, 6.45) is 3.31. The van der Waals surface area contributed by atoms with Gasteiger partial charge in [-0.3, -0.25) is 4.79 Å². The van der Waals surface area contributed by atoms with Crippen LogP contribution in [0.4, 0.5) is 5.82 Å². The number of carbonyl (C=O) groups is 1. The number of rotatable bonds is 5. The van der Waals surface area contributed by atoms with E-state index in [4.69, 9.17) is 9.47 Å². The van der Waals surface area contributed by atoms with E-state index in [9.17, 15) is 4.79 Å². The second-order valence-corrected chi connectivity index (χ2v) is 7.77. The van der Waals surface area contributed by atoms with Gasteiger partial charge in [-0.25, -0.2) is 4.98 Å². The van der Waals surface area contributed by atoms with Gasteiger partial charge in [-0.15, -0.1) is 0 Å². The van der Waals surface area contributed by atoms with Crippen molar-refractivity contribution in [1.29, 1.82) is 0 Å². The zero-order valence-corrected chi connectivity index (χ0v) is 15.5. The van der Waals surface area contributed by atoms with Gasteiger partial charge in [0.15, 0.2) is 18.1 Å². The number of para-hydroxylation sites is 1. The third kappa shape index (κ3) is 3.52. The Hall–Kier alpha value is -2.56. The monoisotopic (exact) mass is 352 g/mol. The van der Waals surface area contributed by atoms with E-state index in [1.54, 1.807) is 0 Å². The summed E-state index contributed by atoms with van der Waals surface area (Å²) in [6, 6.07) is 9.73. The first-order valence-corrected chi connectivity index (χ1v) is 9.12. The number of fused-ring (bicyclic) bond motifs is 1. The second kappa shape index (κ2) is 6.31. The van der Waals surface area contributed by atoms with Crippen LogP contribution in [0.2, 0.25) is 0 Å². The molecular formula is C21H24N2O3. The van der Waals surface area contributed by atoms with Gasteiger partial charge in [-0.05, 0) is 57.2 Å². The average Bonchev–Trinajstić information content (AvgIpc) is 3.34. The molecule has 1 saturated carbocycles. The van der Waals surface area contributed by atoms with Gasteiger partial charge in [0, 0.05) is 17.7 Å². The Morgan fingerprint density at radius 2 is 2.12 bits per heavy atom. The van der Waals surface area contributed by atoms with Gasteiger partial charge in [-0.1, -0.05) is 18.2 Å².